The SMILES string of the molecule is CCOc1ccc(CNc2ccccc2C(F)(F)F)cc1. The van der Waals surface area contributed by atoms with Crippen LogP contribution in [-0.2, 0) is 12.7 Å². The Bertz CT molecular complexity index is 579. The summed E-state index contributed by atoms with van der Waals surface area (Å²) in [6.07, 6.45) is -4.36. The van der Waals surface area contributed by atoms with Crippen molar-refractivity contribution in [3.63, 3.8) is 0 Å². The van der Waals surface area contributed by atoms with E-state index in [4.69, 9.17) is 4.74 Å². The molecule has 1 N–H and O–H groups in total. The fourth-order valence-electron chi connectivity index (χ4n) is 1.95. The standard InChI is InChI=1S/C16H16F3NO/c1-2-21-13-9-7-12(8-10-13)11-20-15-6-4-3-5-14(15)16(17,18)19/h3-10,20H,2,11H2,1H3. The van der Waals surface area contributed by atoms with Crippen LogP contribution in [0.1, 0.15) is 18.1 Å². The van der Waals surface area contributed by atoms with Crippen molar-refractivity contribution >= 4 is 5.69 Å². The number of benzene rings is 2. The molecule has 112 valence electrons. The van der Waals surface area contributed by atoms with Crippen molar-refractivity contribution in [2.45, 2.75) is 19.6 Å². The first-order chi connectivity index (χ1) is 10.0. The van der Waals surface area contributed by atoms with Gasteiger partial charge in [-0.15, -0.1) is 0 Å². The molecular formula is C16H16F3NO. The molecule has 21 heavy (non-hydrogen) atoms. The van der Waals surface area contributed by atoms with E-state index < -0.39 is 11.7 Å². The molecule has 0 spiro atoms. The van der Waals surface area contributed by atoms with Crippen molar-refractivity contribution in [3.05, 3.63) is 59.7 Å². The summed E-state index contributed by atoms with van der Waals surface area (Å²) in [6, 6.07) is 12.7. The minimum absolute atomic E-state index is 0.0823. The average molecular weight is 295 g/mol. The zero-order chi connectivity index (χ0) is 15.3. The molecule has 0 radical (unpaired) electrons. The molecule has 2 aromatic carbocycles. The molecule has 0 aliphatic rings. The molecule has 0 unspecified atom stereocenters. The van der Waals surface area contributed by atoms with Gasteiger partial charge in [0, 0.05) is 12.2 Å². The van der Waals surface area contributed by atoms with Crippen molar-refractivity contribution in [2.24, 2.45) is 0 Å². The van der Waals surface area contributed by atoms with Crippen LogP contribution in [-0.4, -0.2) is 6.61 Å². The largest absolute Gasteiger partial charge is 0.494 e. The fraction of sp³-hybridized carbons (Fsp3) is 0.250. The van der Waals surface area contributed by atoms with Gasteiger partial charge < -0.3 is 10.1 Å². The van der Waals surface area contributed by atoms with Crippen LogP contribution in [0.4, 0.5) is 18.9 Å². The van der Waals surface area contributed by atoms with Crippen molar-refractivity contribution in [3.8, 4) is 5.75 Å². The third kappa shape index (κ3) is 4.15. The maximum absolute atomic E-state index is 12.9. The molecule has 2 aromatic rings. The van der Waals surface area contributed by atoms with Gasteiger partial charge in [0.2, 0.25) is 0 Å². The van der Waals surface area contributed by atoms with Gasteiger partial charge in [0.25, 0.3) is 0 Å². The van der Waals surface area contributed by atoms with Crippen molar-refractivity contribution in [2.75, 3.05) is 11.9 Å². The molecule has 0 amide bonds. The lowest BCUT2D eigenvalue weighted by Gasteiger charge is -2.14. The van der Waals surface area contributed by atoms with E-state index in [2.05, 4.69) is 5.32 Å². The van der Waals surface area contributed by atoms with Gasteiger partial charge in [0.05, 0.1) is 12.2 Å². The number of ether oxygens (including phenoxy) is 1. The van der Waals surface area contributed by atoms with Crippen molar-refractivity contribution in [1.82, 2.24) is 0 Å². The lowest BCUT2D eigenvalue weighted by molar-refractivity contribution is -0.136. The summed E-state index contributed by atoms with van der Waals surface area (Å²) in [5.41, 5.74) is 0.310. The van der Waals surface area contributed by atoms with Gasteiger partial charge in [0.1, 0.15) is 5.75 Å². The van der Waals surface area contributed by atoms with E-state index in [0.29, 0.717) is 13.2 Å². The minimum atomic E-state index is -4.36. The summed E-state index contributed by atoms with van der Waals surface area (Å²) in [6.45, 7) is 2.79. The molecule has 0 aliphatic carbocycles. The predicted octanol–water partition coefficient (Wildman–Crippen LogP) is 4.72. The van der Waals surface area contributed by atoms with Gasteiger partial charge in [-0.2, -0.15) is 13.2 Å². The topological polar surface area (TPSA) is 21.3 Å². The van der Waals surface area contributed by atoms with Crippen LogP contribution < -0.4 is 10.1 Å². The number of rotatable bonds is 5. The second kappa shape index (κ2) is 6.52. The van der Waals surface area contributed by atoms with Crippen LogP contribution >= 0.6 is 0 Å². The molecule has 0 heterocycles. The van der Waals surface area contributed by atoms with E-state index in [9.17, 15) is 13.2 Å². The first-order valence-corrected chi connectivity index (χ1v) is 6.62. The molecule has 2 nitrogen and oxygen atoms in total. The normalized spacial score (nSPS) is 11.2. The molecule has 0 saturated heterocycles. The van der Waals surface area contributed by atoms with Crippen LogP contribution in [0, 0.1) is 0 Å². The number of hydrogen-bond donors (Lipinski definition) is 1. The van der Waals surface area contributed by atoms with Gasteiger partial charge in [-0.3, -0.25) is 0 Å². The van der Waals surface area contributed by atoms with E-state index in [0.717, 1.165) is 17.4 Å². The highest BCUT2D eigenvalue weighted by molar-refractivity contribution is 5.52. The van der Waals surface area contributed by atoms with Crippen LogP contribution in [0.3, 0.4) is 0 Å². The number of alkyl halides is 3. The molecule has 0 bridgehead atoms. The van der Waals surface area contributed by atoms with E-state index in [1.54, 1.807) is 18.2 Å². The summed E-state index contributed by atoms with van der Waals surface area (Å²) < 4.78 is 43.9. The summed E-state index contributed by atoms with van der Waals surface area (Å²) in [5.74, 6) is 0.747. The van der Waals surface area contributed by atoms with E-state index in [1.165, 1.54) is 12.1 Å². The second-order valence-electron chi connectivity index (χ2n) is 4.47. The Labute approximate surface area is 121 Å². The van der Waals surface area contributed by atoms with E-state index in [-0.39, 0.29) is 5.69 Å². The molecule has 0 aliphatic heterocycles. The quantitative estimate of drug-likeness (QED) is 0.862. The van der Waals surface area contributed by atoms with Crippen LogP contribution in [0.25, 0.3) is 0 Å². The molecular weight excluding hydrogens is 279 g/mol. The zero-order valence-corrected chi connectivity index (χ0v) is 11.6. The van der Waals surface area contributed by atoms with Crippen molar-refractivity contribution in [1.29, 1.82) is 0 Å². The van der Waals surface area contributed by atoms with Gasteiger partial charge in [-0.1, -0.05) is 24.3 Å². The lowest BCUT2D eigenvalue weighted by atomic mass is 10.1. The molecule has 0 saturated carbocycles. The Hall–Kier alpha value is -2.17. The smallest absolute Gasteiger partial charge is 0.418 e. The Morgan fingerprint density at radius 1 is 1.00 bits per heavy atom. The molecule has 0 atom stereocenters. The summed E-state index contributed by atoms with van der Waals surface area (Å²) >= 11 is 0. The number of halogens is 3. The Morgan fingerprint density at radius 3 is 2.29 bits per heavy atom. The van der Waals surface area contributed by atoms with Crippen LogP contribution in [0.5, 0.6) is 5.75 Å². The van der Waals surface area contributed by atoms with Gasteiger partial charge in [-0.25, -0.2) is 0 Å². The van der Waals surface area contributed by atoms with Crippen LogP contribution in [0.2, 0.25) is 0 Å². The van der Waals surface area contributed by atoms with Gasteiger partial charge >= 0.3 is 6.18 Å². The number of anilines is 1. The van der Waals surface area contributed by atoms with Gasteiger partial charge in [0.15, 0.2) is 0 Å². The van der Waals surface area contributed by atoms with Crippen molar-refractivity contribution < 1.29 is 17.9 Å². The maximum Gasteiger partial charge on any atom is 0.418 e. The van der Waals surface area contributed by atoms with Crippen LogP contribution in [0.15, 0.2) is 48.5 Å². The number of para-hydroxylation sites is 1. The first-order valence-electron chi connectivity index (χ1n) is 6.62. The second-order valence-corrected chi connectivity index (χ2v) is 4.47. The highest BCUT2D eigenvalue weighted by Crippen LogP contribution is 2.34. The van der Waals surface area contributed by atoms with E-state index in [1.807, 2.05) is 19.1 Å². The molecule has 0 fully saturated rings. The van der Waals surface area contributed by atoms with E-state index >= 15 is 0 Å². The summed E-state index contributed by atoms with van der Waals surface area (Å²) in [5, 5.41) is 2.83. The minimum Gasteiger partial charge on any atom is -0.494 e. The Balaban J connectivity index is 2.06. The summed E-state index contributed by atoms with van der Waals surface area (Å²) in [7, 11) is 0. The highest BCUT2D eigenvalue weighted by atomic mass is 19.4. The summed E-state index contributed by atoms with van der Waals surface area (Å²) in [4.78, 5) is 0. The lowest BCUT2D eigenvalue weighted by Crippen LogP contribution is -2.10. The highest BCUT2D eigenvalue weighted by Gasteiger charge is 2.32. The fourth-order valence-corrected chi connectivity index (χ4v) is 1.95. The number of nitrogens with one attached hydrogen (secondary N) is 1. The molecule has 2 rings (SSSR count). The third-order valence-electron chi connectivity index (χ3n) is 2.95. The zero-order valence-electron chi connectivity index (χ0n) is 11.6. The third-order valence-corrected chi connectivity index (χ3v) is 2.95. The maximum atomic E-state index is 12.9. The monoisotopic (exact) mass is 295 g/mol. The molecule has 5 heteroatoms. The number of hydrogen-bond acceptors (Lipinski definition) is 2. The predicted molar refractivity (Wildman–Crippen MR) is 76.4 cm³/mol. The first kappa shape index (κ1) is 15.2. The molecule has 0 aromatic heterocycles. The Morgan fingerprint density at radius 2 is 1.67 bits per heavy atom. The Kier molecular flexibility index (Phi) is 4.73. The van der Waals surface area contributed by atoms with Gasteiger partial charge in [-0.05, 0) is 36.8 Å². The average Bonchev–Trinajstić information content (AvgIpc) is 2.46.